The van der Waals surface area contributed by atoms with Gasteiger partial charge in [-0.05, 0) is 19.1 Å². The summed E-state index contributed by atoms with van der Waals surface area (Å²) in [5.74, 6) is 0. The van der Waals surface area contributed by atoms with Gasteiger partial charge in [0, 0.05) is 0 Å². The maximum absolute atomic E-state index is 12.0. The number of hydroxylamine groups is 1. The number of rotatable bonds is 1. The van der Waals surface area contributed by atoms with Crippen molar-refractivity contribution < 1.29 is 9.16 Å². The van der Waals surface area contributed by atoms with Crippen LogP contribution in [0.5, 0.6) is 0 Å². The molecule has 0 N–H and O–H groups in total. The van der Waals surface area contributed by atoms with Crippen molar-refractivity contribution in [3.8, 4) is 0 Å². The number of hydrogen-bond acceptors (Lipinski definition) is 3. The second-order valence-electron chi connectivity index (χ2n) is 3.70. The molecule has 0 aliphatic rings. The number of aryl methyl sites for hydroxylation is 1. The molecule has 0 radical (unpaired) electrons. The van der Waals surface area contributed by atoms with Crippen molar-refractivity contribution in [3.63, 3.8) is 0 Å². The van der Waals surface area contributed by atoms with Crippen molar-refractivity contribution in [2.45, 2.75) is 6.92 Å². The van der Waals surface area contributed by atoms with E-state index in [1.165, 1.54) is 19.5 Å². The minimum absolute atomic E-state index is 0.187. The Morgan fingerprint density at radius 2 is 2.19 bits per heavy atom. The standard InChI is InChI=1S/C12H11NO3/c1-8-3-4-11-10(5-8)12(14)9(7-16-11)6-13(2)15/h3-7H,1-2H3/b13-6+. The van der Waals surface area contributed by atoms with Gasteiger partial charge in [0.2, 0.25) is 5.43 Å². The third-order valence-electron chi connectivity index (χ3n) is 2.28. The monoisotopic (exact) mass is 217 g/mol. The Kier molecular flexibility index (Phi) is 2.48. The average Bonchev–Trinajstić information content (AvgIpc) is 2.22. The molecule has 82 valence electrons. The molecule has 4 heteroatoms. The second-order valence-corrected chi connectivity index (χ2v) is 3.70. The summed E-state index contributed by atoms with van der Waals surface area (Å²) in [5, 5.41) is 11.3. The topological polar surface area (TPSA) is 56.3 Å². The highest BCUT2D eigenvalue weighted by molar-refractivity contribution is 5.84. The fraction of sp³-hybridized carbons (Fsp3) is 0.167. The molecule has 0 saturated heterocycles. The summed E-state index contributed by atoms with van der Waals surface area (Å²) in [5.41, 5.74) is 1.58. The first kappa shape index (κ1) is 10.4. The van der Waals surface area contributed by atoms with Gasteiger partial charge in [0.1, 0.15) is 24.5 Å². The fourth-order valence-corrected chi connectivity index (χ4v) is 1.54. The predicted octanol–water partition coefficient (Wildman–Crippen LogP) is 1.66. The molecule has 0 fully saturated rings. The van der Waals surface area contributed by atoms with Crippen molar-refractivity contribution in [3.05, 3.63) is 51.0 Å². The van der Waals surface area contributed by atoms with E-state index < -0.39 is 0 Å². The van der Waals surface area contributed by atoms with Crippen LogP contribution in [-0.4, -0.2) is 18.0 Å². The number of hydrogen-bond donors (Lipinski definition) is 0. The molecule has 0 unspecified atom stereocenters. The molecule has 2 rings (SSSR count). The Bertz CT molecular complexity index is 622. The molecule has 0 aliphatic carbocycles. The summed E-state index contributed by atoms with van der Waals surface area (Å²) in [6.07, 6.45) is 2.50. The van der Waals surface area contributed by atoms with Gasteiger partial charge < -0.3 is 9.62 Å². The third kappa shape index (κ3) is 1.82. The zero-order valence-corrected chi connectivity index (χ0v) is 9.06. The first-order chi connectivity index (χ1) is 7.58. The fourth-order valence-electron chi connectivity index (χ4n) is 1.54. The molecule has 2 aromatic rings. The van der Waals surface area contributed by atoms with Gasteiger partial charge in [-0.15, -0.1) is 0 Å². The van der Waals surface area contributed by atoms with Gasteiger partial charge >= 0.3 is 0 Å². The van der Waals surface area contributed by atoms with Crippen LogP contribution in [0, 0.1) is 12.1 Å². The van der Waals surface area contributed by atoms with E-state index in [0.29, 0.717) is 15.7 Å². The van der Waals surface area contributed by atoms with Gasteiger partial charge in [0.05, 0.1) is 5.39 Å². The lowest BCUT2D eigenvalue weighted by Gasteiger charge is -1.99. The second kappa shape index (κ2) is 3.81. The Hall–Kier alpha value is -2.10. The van der Waals surface area contributed by atoms with Crippen LogP contribution >= 0.6 is 0 Å². The highest BCUT2D eigenvalue weighted by Gasteiger charge is 2.07. The summed E-state index contributed by atoms with van der Waals surface area (Å²) in [6, 6.07) is 5.37. The van der Waals surface area contributed by atoms with Crippen molar-refractivity contribution in [2.24, 2.45) is 0 Å². The Balaban J connectivity index is 2.78. The summed E-state index contributed by atoms with van der Waals surface area (Å²) >= 11 is 0. The van der Waals surface area contributed by atoms with E-state index in [1.54, 1.807) is 12.1 Å². The molecule has 0 atom stereocenters. The SMILES string of the molecule is Cc1ccc2occ(/C=[N+](\C)[O-])c(=O)c2c1. The predicted molar refractivity (Wildman–Crippen MR) is 61.9 cm³/mol. The molecular formula is C12H11NO3. The van der Waals surface area contributed by atoms with Crippen LogP contribution in [0.4, 0.5) is 0 Å². The largest absolute Gasteiger partial charge is 0.624 e. The lowest BCUT2D eigenvalue weighted by Crippen LogP contribution is -2.11. The molecule has 1 aromatic carbocycles. The highest BCUT2D eigenvalue weighted by atomic mass is 16.5. The number of benzene rings is 1. The maximum atomic E-state index is 12.0. The zero-order valence-electron chi connectivity index (χ0n) is 9.06. The molecule has 1 aromatic heterocycles. The van der Waals surface area contributed by atoms with Crippen molar-refractivity contribution in [1.29, 1.82) is 0 Å². The van der Waals surface area contributed by atoms with E-state index in [0.717, 1.165) is 5.56 Å². The first-order valence-electron chi connectivity index (χ1n) is 4.85. The lowest BCUT2D eigenvalue weighted by atomic mass is 10.1. The van der Waals surface area contributed by atoms with E-state index >= 15 is 0 Å². The Morgan fingerprint density at radius 3 is 2.88 bits per heavy atom. The molecule has 0 aliphatic heterocycles. The van der Waals surface area contributed by atoms with Crippen LogP contribution in [0.25, 0.3) is 11.0 Å². The minimum atomic E-state index is -0.187. The Morgan fingerprint density at radius 1 is 1.44 bits per heavy atom. The molecule has 4 nitrogen and oxygen atoms in total. The van der Waals surface area contributed by atoms with Crippen LogP contribution in [0.3, 0.4) is 0 Å². The normalized spacial score (nSPS) is 12.0. The average molecular weight is 217 g/mol. The molecule has 0 saturated carbocycles. The molecule has 16 heavy (non-hydrogen) atoms. The summed E-state index contributed by atoms with van der Waals surface area (Å²) in [7, 11) is 1.32. The maximum Gasteiger partial charge on any atom is 0.205 e. The van der Waals surface area contributed by atoms with Gasteiger partial charge in [-0.2, -0.15) is 0 Å². The van der Waals surface area contributed by atoms with Gasteiger partial charge in [-0.25, -0.2) is 4.74 Å². The summed E-state index contributed by atoms with van der Waals surface area (Å²) in [6.45, 7) is 1.90. The Labute approximate surface area is 92.0 Å². The van der Waals surface area contributed by atoms with Gasteiger partial charge in [0.25, 0.3) is 0 Å². The zero-order chi connectivity index (χ0) is 11.7. The molecule has 0 amide bonds. The quantitative estimate of drug-likeness (QED) is 0.316. The van der Waals surface area contributed by atoms with Crippen molar-refractivity contribution in [1.82, 2.24) is 0 Å². The van der Waals surface area contributed by atoms with E-state index in [1.807, 2.05) is 13.0 Å². The smallest absolute Gasteiger partial charge is 0.205 e. The van der Waals surface area contributed by atoms with Crippen LogP contribution in [-0.2, 0) is 0 Å². The first-order valence-corrected chi connectivity index (χ1v) is 4.85. The molecule has 0 spiro atoms. The van der Waals surface area contributed by atoms with Crippen LogP contribution in [0.15, 0.2) is 33.7 Å². The van der Waals surface area contributed by atoms with Crippen LogP contribution < -0.4 is 5.43 Å². The van der Waals surface area contributed by atoms with Crippen molar-refractivity contribution >= 4 is 17.2 Å². The van der Waals surface area contributed by atoms with Crippen molar-refractivity contribution in [2.75, 3.05) is 7.05 Å². The van der Waals surface area contributed by atoms with Crippen LogP contribution in [0.1, 0.15) is 11.1 Å². The van der Waals surface area contributed by atoms with E-state index in [4.69, 9.17) is 4.42 Å². The van der Waals surface area contributed by atoms with E-state index in [9.17, 15) is 10.0 Å². The van der Waals surface area contributed by atoms with Gasteiger partial charge in [-0.1, -0.05) is 11.6 Å². The lowest BCUT2D eigenvalue weighted by molar-refractivity contribution is -0.416. The summed E-state index contributed by atoms with van der Waals surface area (Å²) in [4.78, 5) is 12.0. The van der Waals surface area contributed by atoms with Gasteiger partial charge in [-0.3, -0.25) is 4.79 Å². The van der Waals surface area contributed by atoms with E-state index in [2.05, 4.69) is 0 Å². The molecular weight excluding hydrogens is 206 g/mol. The van der Waals surface area contributed by atoms with Crippen LogP contribution in [0.2, 0.25) is 0 Å². The molecule has 1 heterocycles. The number of nitrogens with zero attached hydrogens (tertiary/aromatic N) is 1. The highest BCUT2D eigenvalue weighted by Crippen LogP contribution is 2.12. The van der Waals surface area contributed by atoms with E-state index in [-0.39, 0.29) is 11.0 Å². The summed E-state index contributed by atoms with van der Waals surface area (Å²) < 4.78 is 5.86. The molecule has 0 bridgehead atoms. The minimum Gasteiger partial charge on any atom is -0.624 e. The number of fused-ring (bicyclic) bond motifs is 1. The van der Waals surface area contributed by atoms with Gasteiger partial charge in [0.15, 0.2) is 6.21 Å². The third-order valence-corrected chi connectivity index (χ3v) is 2.28.